The molecule has 4 rings (SSSR count). The number of rotatable bonds is 5. The van der Waals surface area contributed by atoms with Crippen LogP contribution in [-0.4, -0.2) is 50.4 Å². The fourth-order valence-electron chi connectivity index (χ4n) is 4.66. The summed E-state index contributed by atoms with van der Waals surface area (Å²) >= 11 is 0. The SMILES string of the molecule is CC1(C)O[C@H]2O[C@H](CO[Si](c3ccccc3)(c3ccccc3)C(C)(C)C)[C@H](O)[C@H]2O1. The fraction of sp³-hybridized carbons (Fsp3) is 0.500. The largest absolute Gasteiger partial charge is 0.405 e. The zero-order chi connectivity index (χ0) is 21.6. The standard InChI is InChI=1S/C24H32O5Si/c1-23(2,3)30(17-12-8-6-9-13-17,18-14-10-7-11-15-18)26-16-19-20(25)21-22(27-19)29-24(4,5)28-21/h6-15,19-22,25H,16H2,1-5H3/t19-,20+,21-,22-/m1/s1. The summed E-state index contributed by atoms with van der Waals surface area (Å²) in [7, 11) is -2.68. The lowest BCUT2D eigenvalue weighted by molar-refractivity contribution is -0.217. The molecular formula is C24H32O5Si. The van der Waals surface area contributed by atoms with Crippen molar-refractivity contribution in [1.82, 2.24) is 0 Å². The Morgan fingerprint density at radius 1 is 0.933 bits per heavy atom. The van der Waals surface area contributed by atoms with Crippen LogP contribution >= 0.6 is 0 Å². The van der Waals surface area contributed by atoms with Gasteiger partial charge in [0.1, 0.15) is 18.3 Å². The van der Waals surface area contributed by atoms with Crippen molar-refractivity contribution in [2.75, 3.05) is 6.61 Å². The molecule has 1 N–H and O–H groups in total. The van der Waals surface area contributed by atoms with Crippen LogP contribution in [0, 0.1) is 0 Å². The number of aliphatic hydroxyl groups is 1. The van der Waals surface area contributed by atoms with Crippen molar-refractivity contribution in [3.63, 3.8) is 0 Å². The van der Waals surface area contributed by atoms with Crippen LogP contribution in [-0.2, 0) is 18.6 Å². The fourth-order valence-corrected chi connectivity index (χ4v) is 9.23. The molecule has 162 valence electrons. The second-order valence-electron chi connectivity index (χ2n) is 9.61. The van der Waals surface area contributed by atoms with Crippen molar-refractivity contribution in [2.45, 2.75) is 70.0 Å². The second kappa shape index (κ2) is 7.86. The molecule has 4 atom stereocenters. The van der Waals surface area contributed by atoms with E-state index in [2.05, 4.69) is 69.3 Å². The predicted molar refractivity (Wildman–Crippen MR) is 118 cm³/mol. The summed E-state index contributed by atoms with van der Waals surface area (Å²) in [6, 6.07) is 20.9. The molecule has 0 amide bonds. The highest BCUT2D eigenvalue weighted by molar-refractivity contribution is 6.99. The molecule has 30 heavy (non-hydrogen) atoms. The molecule has 2 aromatic rings. The molecule has 2 heterocycles. The van der Waals surface area contributed by atoms with Crippen LogP contribution in [0.15, 0.2) is 60.7 Å². The lowest BCUT2D eigenvalue weighted by Gasteiger charge is -2.43. The molecule has 0 radical (unpaired) electrons. The van der Waals surface area contributed by atoms with Crippen LogP contribution in [0.3, 0.4) is 0 Å². The van der Waals surface area contributed by atoms with E-state index in [0.29, 0.717) is 0 Å². The molecule has 0 aliphatic carbocycles. The second-order valence-corrected chi connectivity index (χ2v) is 13.9. The Balaban J connectivity index is 1.65. The quantitative estimate of drug-likeness (QED) is 0.742. The van der Waals surface area contributed by atoms with Crippen LogP contribution in [0.1, 0.15) is 34.6 Å². The van der Waals surface area contributed by atoms with E-state index < -0.39 is 38.7 Å². The van der Waals surface area contributed by atoms with Gasteiger partial charge in [-0.1, -0.05) is 81.4 Å². The van der Waals surface area contributed by atoms with E-state index in [1.807, 2.05) is 26.0 Å². The summed E-state index contributed by atoms with van der Waals surface area (Å²) in [4.78, 5) is 0. The third-order valence-corrected chi connectivity index (χ3v) is 11.0. The van der Waals surface area contributed by atoms with E-state index in [1.165, 1.54) is 10.4 Å². The Bertz CT molecular complexity index is 809. The molecular weight excluding hydrogens is 396 g/mol. The molecule has 2 fully saturated rings. The van der Waals surface area contributed by atoms with Gasteiger partial charge in [0.2, 0.25) is 0 Å². The molecule has 6 heteroatoms. The van der Waals surface area contributed by atoms with Gasteiger partial charge in [-0.25, -0.2) is 0 Å². The van der Waals surface area contributed by atoms with Gasteiger partial charge in [-0.15, -0.1) is 0 Å². The third kappa shape index (κ3) is 3.77. The van der Waals surface area contributed by atoms with Gasteiger partial charge in [-0.3, -0.25) is 0 Å². The summed E-state index contributed by atoms with van der Waals surface area (Å²) in [6.07, 6.45) is -2.36. The molecule has 2 aliphatic heterocycles. The Morgan fingerprint density at radius 2 is 1.47 bits per heavy atom. The average molecular weight is 429 g/mol. The monoisotopic (exact) mass is 428 g/mol. The number of benzene rings is 2. The maximum atomic E-state index is 10.8. The van der Waals surface area contributed by atoms with E-state index >= 15 is 0 Å². The molecule has 0 aromatic heterocycles. The van der Waals surface area contributed by atoms with Crippen molar-refractivity contribution < 1.29 is 23.7 Å². The number of ether oxygens (including phenoxy) is 3. The molecule has 2 aromatic carbocycles. The first kappa shape index (κ1) is 21.7. The van der Waals surface area contributed by atoms with E-state index in [4.69, 9.17) is 18.6 Å². The third-order valence-electron chi connectivity index (χ3n) is 6.00. The lowest BCUT2D eigenvalue weighted by atomic mass is 10.1. The van der Waals surface area contributed by atoms with Gasteiger partial charge in [-0.05, 0) is 29.3 Å². The Hall–Kier alpha value is -1.54. The predicted octanol–water partition coefficient (Wildman–Crippen LogP) is 2.80. The van der Waals surface area contributed by atoms with Crippen LogP contribution < -0.4 is 10.4 Å². The van der Waals surface area contributed by atoms with E-state index in [9.17, 15) is 5.11 Å². The molecule has 0 saturated carbocycles. The average Bonchev–Trinajstić information content (AvgIpc) is 3.15. The first-order valence-corrected chi connectivity index (χ1v) is 12.5. The van der Waals surface area contributed by atoms with Crippen LogP contribution in [0.5, 0.6) is 0 Å². The van der Waals surface area contributed by atoms with Crippen molar-refractivity contribution in [3.8, 4) is 0 Å². The van der Waals surface area contributed by atoms with Crippen LogP contribution in [0.4, 0.5) is 0 Å². The minimum atomic E-state index is -2.68. The summed E-state index contributed by atoms with van der Waals surface area (Å²) in [6.45, 7) is 10.6. The molecule has 2 aliphatic rings. The van der Waals surface area contributed by atoms with E-state index in [-0.39, 0.29) is 11.6 Å². The Kier molecular flexibility index (Phi) is 5.68. The minimum Gasteiger partial charge on any atom is -0.405 e. The van der Waals surface area contributed by atoms with Gasteiger partial charge in [0.15, 0.2) is 12.1 Å². The maximum absolute atomic E-state index is 10.8. The first-order valence-electron chi connectivity index (χ1n) is 10.6. The topological polar surface area (TPSA) is 57.2 Å². The van der Waals surface area contributed by atoms with Gasteiger partial charge in [0.25, 0.3) is 8.32 Å². The van der Waals surface area contributed by atoms with Gasteiger partial charge in [-0.2, -0.15) is 0 Å². The molecule has 5 nitrogen and oxygen atoms in total. The number of fused-ring (bicyclic) bond motifs is 1. The van der Waals surface area contributed by atoms with Gasteiger partial charge in [0.05, 0.1) is 6.61 Å². The summed E-state index contributed by atoms with van der Waals surface area (Å²) in [5, 5.41) is 13.1. The first-order chi connectivity index (χ1) is 14.1. The Labute approximate surface area is 180 Å². The van der Waals surface area contributed by atoms with Crippen molar-refractivity contribution in [3.05, 3.63) is 60.7 Å². The van der Waals surface area contributed by atoms with Crippen molar-refractivity contribution in [2.24, 2.45) is 0 Å². The number of hydrogen-bond donors (Lipinski definition) is 1. The molecule has 0 unspecified atom stereocenters. The van der Waals surface area contributed by atoms with Crippen molar-refractivity contribution >= 4 is 18.7 Å². The highest BCUT2D eigenvalue weighted by atomic mass is 28.4. The van der Waals surface area contributed by atoms with E-state index in [1.54, 1.807) is 0 Å². The van der Waals surface area contributed by atoms with Crippen molar-refractivity contribution in [1.29, 1.82) is 0 Å². The van der Waals surface area contributed by atoms with Gasteiger partial charge in [0, 0.05) is 0 Å². The molecule has 0 bridgehead atoms. The van der Waals surface area contributed by atoms with Crippen LogP contribution in [0.25, 0.3) is 0 Å². The number of hydrogen-bond acceptors (Lipinski definition) is 5. The highest BCUT2D eigenvalue weighted by Crippen LogP contribution is 2.40. The van der Waals surface area contributed by atoms with Crippen LogP contribution in [0.2, 0.25) is 5.04 Å². The Morgan fingerprint density at radius 3 is 1.93 bits per heavy atom. The smallest absolute Gasteiger partial charge is 0.261 e. The zero-order valence-electron chi connectivity index (χ0n) is 18.4. The summed E-state index contributed by atoms with van der Waals surface area (Å²) in [5.74, 6) is -0.750. The van der Waals surface area contributed by atoms with E-state index in [0.717, 1.165) is 0 Å². The molecule has 2 saturated heterocycles. The minimum absolute atomic E-state index is 0.135. The lowest BCUT2D eigenvalue weighted by Crippen LogP contribution is -2.67. The molecule has 0 spiro atoms. The van der Waals surface area contributed by atoms with Gasteiger partial charge >= 0.3 is 0 Å². The summed E-state index contributed by atoms with van der Waals surface area (Å²) in [5.41, 5.74) is 0. The maximum Gasteiger partial charge on any atom is 0.261 e. The zero-order valence-corrected chi connectivity index (χ0v) is 19.4. The summed E-state index contributed by atoms with van der Waals surface area (Å²) < 4.78 is 24.5. The number of aliphatic hydroxyl groups excluding tert-OH is 1. The normalized spacial score (nSPS) is 28.5. The van der Waals surface area contributed by atoms with Gasteiger partial charge < -0.3 is 23.7 Å². The highest BCUT2D eigenvalue weighted by Gasteiger charge is 2.56.